The van der Waals surface area contributed by atoms with E-state index in [9.17, 15) is 18.4 Å². The van der Waals surface area contributed by atoms with Crippen LogP contribution in [0.5, 0.6) is 0 Å². The Kier molecular flexibility index (Phi) is 8.93. The zero-order valence-electron chi connectivity index (χ0n) is 18.0. The Hall–Kier alpha value is -2.12. The van der Waals surface area contributed by atoms with Gasteiger partial charge in [0, 0.05) is 28.9 Å². The van der Waals surface area contributed by atoms with Gasteiger partial charge in [-0.3, -0.25) is 9.59 Å². The highest BCUT2D eigenvalue weighted by Crippen LogP contribution is 2.25. The molecule has 0 aromatic heterocycles. The number of carbonyl (C=O) groups is 2. The van der Waals surface area contributed by atoms with Gasteiger partial charge in [0.2, 0.25) is 11.8 Å². The van der Waals surface area contributed by atoms with Crippen molar-refractivity contribution in [2.75, 3.05) is 5.75 Å². The third-order valence-electron chi connectivity index (χ3n) is 5.67. The quantitative estimate of drug-likeness (QED) is 0.528. The van der Waals surface area contributed by atoms with Crippen molar-refractivity contribution in [3.05, 3.63) is 70.2 Å². The molecule has 2 aromatic carbocycles. The maximum Gasteiger partial charge on any atom is 0.242 e. The third-order valence-corrected chi connectivity index (χ3v) is 6.97. The first-order valence-corrected chi connectivity index (χ1v) is 12.2. The van der Waals surface area contributed by atoms with E-state index in [0.29, 0.717) is 10.6 Å². The van der Waals surface area contributed by atoms with Crippen LogP contribution < -0.4 is 5.32 Å². The standard InChI is InChI=1S/C24H27ClF2N2O2S/c1-16(24(31)28-19-5-2-3-6-19)29(13-17-9-11-18(26)12-10-17)23(30)15-32-14-20-21(25)7-4-8-22(20)27/h4,7-12,16,19H,2-3,5-6,13-15H2,1H3,(H,28,31)/t16-/m0/s1. The number of thioether (sulfide) groups is 1. The first kappa shape index (κ1) is 24.5. The minimum Gasteiger partial charge on any atom is -0.352 e. The topological polar surface area (TPSA) is 49.4 Å². The second-order valence-corrected chi connectivity index (χ2v) is 9.40. The fourth-order valence-corrected chi connectivity index (χ4v) is 5.00. The number of amides is 2. The lowest BCUT2D eigenvalue weighted by atomic mass is 10.1. The fourth-order valence-electron chi connectivity index (χ4n) is 3.75. The lowest BCUT2D eigenvalue weighted by molar-refractivity contribution is -0.138. The number of benzene rings is 2. The first-order valence-electron chi connectivity index (χ1n) is 10.7. The lowest BCUT2D eigenvalue weighted by Crippen LogP contribution is -2.50. The van der Waals surface area contributed by atoms with Crippen molar-refractivity contribution >= 4 is 35.2 Å². The molecule has 1 atom stereocenters. The summed E-state index contributed by atoms with van der Waals surface area (Å²) in [6.07, 6.45) is 4.08. The van der Waals surface area contributed by atoms with Crippen molar-refractivity contribution in [3.63, 3.8) is 0 Å². The van der Waals surface area contributed by atoms with Crippen LogP contribution in [0.1, 0.15) is 43.7 Å². The molecule has 4 nitrogen and oxygen atoms in total. The van der Waals surface area contributed by atoms with Gasteiger partial charge in [0.15, 0.2) is 0 Å². The summed E-state index contributed by atoms with van der Waals surface area (Å²) in [5.41, 5.74) is 1.08. The normalized spacial score (nSPS) is 14.9. The van der Waals surface area contributed by atoms with Crippen LogP contribution >= 0.6 is 23.4 Å². The maximum atomic E-state index is 14.0. The van der Waals surface area contributed by atoms with Gasteiger partial charge in [0.1, 0.15) is 17.7 Å². The van der Waals surface area contributed by atoms with Crippen LogP contribution in [0, 0.1) is 11.6 Å². The SMILES string of the molecule is C[C@@H](C(=O)NC1CCCC1)N(Cc1ccc(F)cc1)C(=O)CSCc1c(F)cccc1Cl. The molecule has 1 N–H and O–H groups in total. The summed E-state index contributed by atoms with van der Waals surface area (Å²) in [5, 5.41) is 3.36. The van der Waals surface area contributed by atoms with E-state index in [2.05, 4.69) is 5.32 Å². The van der Waals surface area contributed by atoms with Crippen molar-refractivity contribution in [2.45, 2.75) is 57.0 Å². The summed E-state index contributed by atoms with van der Waals surface area (Å²) >= 11 is 7.31. The molecule has 0 unspecified atom stereocenters. The Morgan fingerprint density at radius 1 is 1.16 bits per heavy atom. The third kappa shape index (κ3) is 6.69. The van der Waals surface area contributed by atoms with E-state index in [0.717, 1.165) is 31.2 Å². The first-order chi connectivity index (χ1) is 15.3. The van der Waals surface area contributed by atoms with Crippen molar-refractivity contribution in [1.82, 2.24) is 10.2 Å². The van der Waals surface area contributed by atoms with E-state index in [1.165, 1.54) is 40.9 Å². The highest BCUT2D eigenvalue weighted by atomic mass is 35.5. The molecular weight excluding hydrogens is 454 g/mol. The van der Waals surface area contributed by atoms with Crippen LogP contribution in [0.15, 0.2) is 42.5 Å². The van der Waals surface area contributed by atoms with Crippen molar-refractivity contribution in [3.8, 4) is 0 Å². The molecular formula is C24H27ClF2N2O2S. The predicted molar refractivity (Wildman–Crippen MR) is 124 cm³/mol. The van der Waals surface area contributed by atoms with Gasteiger partial charge in [-0.05, 0) is 49.6 Å². The van der Waals surface area contributed by atoms with Crippen molar-refractivity contribution in [2.24, 2.45) is 0 Å². The number of halogens is 3. The molecule has 1 saturated carbocycles. The van der Waals surface area contributed by atoms with Gasteiger partial charge in [-0.15, -0.1) is 11.8 Å². The van der Waals surface area contributed by atoms with Crippen molar-refractivity contribution < 1.29 is 18.4 Å². The average Bonchev–Trinajstić information content (AvgIpc) is 3.27. The van der Waals surface area contributed by atoms with Gasteiger partial charge in [0.25, 0.3) is 0 Å². The number of nitrogens with one attached hydrogen (secondary N) is 1. The number of rotatable bonds is 9. The summed E-state index contributed by atoms with van der Waals surface area (Å²) in [4.78, 5) is 27.4. The minimum atomic E-state index is -0.689. The van der Waals surface area contributed by atoms with E-state index in [-0.39, 0.29) is 41.7 Å². The van der Waals surface area contributed by atoms with Crippen molar-refractivity contribution in [1.29, 1.82) is 0 Å². The molecule has 32 heavy (non-hydrogen) atoms. The van der Waals surface area contributed by atoms with E-state index in [1.54, 1.807) is 25.1 Å². The molecule has 2 amide bonds. The minimum absolute atomic E-state index is 0.0624. The van der Waals surface area contributed by atoms with Crippen LogP contribution in [-0.4, -0.2) is 34.6 Å². The fraction of sp³-hybridized carbons (Fsp3) is 0.417. The second kappa shape index (κ2) is 11.7. The molecule has 1 aliphatic carbocycles. The van der Waals surface area contributed by atoms with Crippen LogP contribution in [0.4, 0.5) is 8.78 Å². The molecule has 0 saturated heterocycles. The molecule has 0 aliphatic heterocycles. The number of carbonyl (C=O) groups excluding carboxylic acids is 2. The van der Waals surface area contributed by atoms with Gasteiger partial charge >= 0.3 is 0 Å². The maximum absolute atomic E-state index is 14.0. The Morgan fingerprint density at radius 2 is 1.84 bits per heavy atom. The monoisotopic (exact) mass is 480 g/mol. The van der Waals surface area contributed by atoms with Gasteiger partial charge < -0.3 is 10.2 Å². The highest BCUT2D eigenvalue weighted by Gasteiger charge is 2.28. The number of hydrogen-bond acceptors (Lipinski definition) is 3. The molecule has 0 spiro atoms. The lowest BCUT2D eigenvalue weighted by Gasteiger charge is -2.29. The smallest absolute Gasteiger partial charge is 0.242 e. The average molecular weight is 481 g/mol. The zero-order chi connectivity index (χ0) is 23.1. The van der Waals surface area contributed by atoms with Crippen LogP contribution in [0.2, 0.25) is 5.02 Å². The molecule has 1 fully saturated rings. The molecule has 1 aliphatic rings. The highest BCUT2D eigenvalue weighted by molar-refractivity contribution is 7.99. The van der Waals surface area contributed by atoms with Crippen LogP contribution in [-0.2, 0) is 21.9 Å². The van der Waals surface area contributed by atoms with E-state index in [4.69, 9.17) is 11.6 Å². The van der Waals surface area contributed by atoms with Crippen LogP contribution in [0.25, 0.3) is 0 Å². The second-order valence-electron chi connectivity index (χ2n) is 8.01. The number of hydrogen-bond donors (Lipinski definition) is 1. The summed E-state index contributed by atoms with van der Waals surface area (Å²) in [6.45, 7) is 1.88. The van der Waals surface area contributed by atoms with E-state index >= 15 is 0 Å². The Balaban J connectivity index is 1.67. The predicted octanol–water partition coefficient (Wildman–Crippen LogP) is 5.33. The van der Waals surface area contributed by atoms with Gasteiger partial charge in [0.05, 0.1) is 5.75 Å². The molecule has 0 radical (unpaired) electrons. The summed E-state index contributed by atoms with van der Waals surface area (Å²) in [5.74, 6) is -0.923. The van der Waals surface area contributed by atoms with E-state index in [1.807, 2.05) is 0 Å². The van der Waals surface area contributed by atoms with Gasteiger partial charge in [-0.1, -0.05) is 42.6 Å². The van der Waals surface area contributed by atoms with Gasteiger partial charge in [-0.25, -0.2) is 8.78 Å². The molecule has 8 heteroatoms. The molecule has 3 rings (SSSR count). The summed E-state index contributed by atoms with van der Waals surface area (Å²) < 4.78 is 27.3. The Bertz CT molecular complexity index is 916. The summed E-state index contributed by atoms with van der Waals surface area (Å²) in [6, 6.07) is 9.79. The Labute approximate surface area is 196 Å². The largest absolute Gasteiger partial charge is 0.352 e. The van der Waals surface area contributed by atoms with E-state index < -0.39 is 11.9 Å². The molecule has 2 aromatic rings. The summed E-state index contributed by atoms with van der Waals surface area (Å²) in [7, 11) is 0. The zero-order valence-corrected chi connectivity index (χ0v) is 19.5. The number of nitrogens with zero attached hydrogens (tertiary/aromatic N) is 1. The van der Waals surface area contributed by atoms with Crippen LogP contribution in [0.3, 0.4) is 0 Å². The molecule has 0 heterocycles. The Morgan fingerprint density at radius 3 is 2.50 bits per heavy atom. The van der Waals surface area contributed by atoms with Gasteiger partial charge in [-0.2, -0.15) is 0 Å². The molecule has 0 bridgehead atoms. The molecule has 172 valence electrons.